The monoisotopic (exact) mass is 346 g/mol. The summed E-state index contributed by atoms with van der Waals surface area (Å²) in [5, 5.41) is 0. The van der Waals surface area contributed by atoms with E-state index in [1.165, 1.54) is 11.4 Å². The van der Waals surface area contributed by atoms with Crippen molar-refractivity contribution in [3.8, 4) is 0 Å². The molecule has 1 unspecified atom stereocenters. The molecule has 4 heteroatoms. The highest BCUT2D eigenvalue weighted by molar-refractivity contribution is 14.1. The molecule has 0 aromatic heterocycles. The van der Waals surface area contributed by atoms with Crippen molar-refractivity contribution in [2.24, 2.45) is 0 Å². The fraction of sp³-hybridized carbons (Fsp3) is 0.462. The molecule has 0 saturated carbocycles. The molecule has 2 atom stereocenters. The van der Waals surface area contributed by atoms with Crippen LogP contribution >= 0.6 is 22.6 Å². The van der Waals surface area contributed by atoms with Gasteiger partial charge in [0.15, 0.2) is 6.10 Å². The summed E-state index contributed by atoms with van der Waals surface area (Å²) in [4.78, 5) is 13.4. The first-order valence-electron chi connectivity index (χ1n) is 5.93. The molecule has 1 saturated heterocycles. The van der Waals surface area contributed by atoms with Gasteiger partial charge < -0.3 is 9.64 Å². The van der Waals surface area contributed by atoms with Crippen LogP contribution in [0.2, 0.25) is 0 Å². The fourth-order valence-corrected chi connectivity index (χ4v) is 2.77. The van der Waals surface area contributed by atoms with E-state index in [0.29, 0.717) is 5.56 Å². The van der Waals surface area contributed by atoms with Crippen LogP contribution in [0.25, 0.3) is 0 Å². The van der Waals surface area contributed by atoms with E-state index in [1.807, 2.05) is 24.3 Å². The molecule has 0 radical (unpaired) electrons. The van der Waals surface area contributed by atoms with Gasteiger partial charge in [-0.2, -0.15) is 0 Å². The molecule has 3 nitrogen and oxygen atoms in total. The summed E-state index contributed by atoms with van der Waals surface area (Å²) in [5.41, 5.74) is 0.677. The van der Waals surface area contributed by atoms with Crippen molar-refractivity contribution >= 4 is 28.6 Å². The van der Waals surface area contributed by atoms with Crippen LogP contribution in [-0.2, 0) is 4.74 Å². The topological polar surface area (TPSA) is 30.7 Å². The van der Waals surface area contributed by atoms with Crippen molar-refractivity contribution in [1.29, 1.82) is 0 Å². The molecule has 1 N–H and O–H groups in total. The van der Waals surface area contributed by atoms with E-state index >= 15 is 0 Å². The molecule has 17 heavy (non-hydrogen) atoms. The average Bonchev–Trinajstić information content (AvgIpc) is 2.29. The highest BCUT2D eigenvalue weighted by Crippen LogP contribution is 2.14. The average molecular weight is 346 g/mol. The molecule has 1 aromatic rings. The van der Waals surface area contributed by atoms with Gasteiger partial charge in [0.25, 0.3) is 0 Å². The maximum absolute atomic E-state index is 12.0. The number of halogens is 1. The van der Waals surface area contributed by atoms with Crippen molar-refractivity contribution in [3.63, 3.8) is 0 Å². The lowest BCUT2D eigenvalue weighted by Gasteiger charge is -2.26. The molecule has 0 spiro atoms. The molecule has 1 heterocycles. The number of carbonyl (C=O) groups is 1. The Labute approximate surface area is 115 Å². The van der Waals surface area contributed by atoms with Crippen LogP contribution in [0.1, 0.15) is 23.2 Å². The summed E-state index contributed by atoms with van der Waals surface area (Å²) in [5.74, 6) is -0.185. The van der Waals surface area contributed by atoms with E-state index < -0.39 is 0 Å². The number of hydrogen-bond acceptors (Lipinski definition) is 2. The lowest BCUT2D eigenvalue weighted by atomic mass is 10.1. The quantitative estimate of drug-likeness (QED) is 0.643. The van der Waals surface area contributed by atoms with Crippen molar-refractivity contribution in [2.45, 2.75) is 18.9 Å². The van der Waals surface area contributed by atoms with Gasteiger partial charge in [0, 0.05) is 9.99 Å². The highest BCUT2D eigenvalue weighted by Gasteiger charge is 2.24. The second kappa shape index (κ2) is 5.82. The van der Waals surface area contributed by atoms with Crippen molar-refractivity contribution in [3.05, 3.63) is 33.4 Å². The Kier molecular flexibility index (Phi) is 4.39. The summed E-state index contributed by atoms with van der Waals surface area (Å²) >= 11 is 2.17. The number of piperidine rings is 1. The van der Waals surface area contributed by atoms with Crippen LogP contribution in [-0.4, -0.2) is 32.2 Å². The first kappa shape index (κ1) is 12.8. The number of nitrogens with one attached hydrogen (secondary N) is 1. The number of ether oxygens (including phenoxy) is 1. The van der Waals surface area contributed by atoms with Crippen LogP contribution < -0.4 is 4.90 Å². The number of esters is 1. The summed E-state index contributed by atoms with van der Waals surface area (Å²) in [7, 11) is 2.15. The Hall–Kier alpha value is -0.620. The number of likely N-dealkylation sites (tertiary alicyclic amines) is 1. The second-order valence-electron chi connectivity index (χ2n) is 4.56. The van der Waals surface area contributed by atoms with Crippen molar-refractivity contribution in [2.75, 3.05) is 20.1 Å². The molecule has 0 bridgehead atoms. The maximum Gasteiger partial charge on any atom is 0.339 e. The SMILES string of the molecule is C[NH+]1CCC[C@@H](OC(=O)c2ccccc2I)C1. The summed E-state index contributed by atoms with van der Waals surface area (Å²) in [6.45, 7) is 2.10. The fourth-order valence-electron chi connectivity index (χ4n) is 2.17. The molecule has 1 aliphatic heterocycles. The van der Waals surface area contributed by atoms with E-state index in [4.69, 9.17) is 4.74 Å². The van der Waals surface area contributed by atoms with Crippen LogP contribution in [0.4, 0.5) is 0 Å². The summed E-state index contributed by atoms with van der Waals surface area (Å²) < 4.78 is 6.51. The maximum atomic E-state index is 12.0. The van der Waals surface area contributed by atoms with E-state index in [9.17, 15) is 4.79 Å². The number of carbonyl (C=O) groups excluding carboxylic acids is 1. The largest absolute Gasteiger partial charge is 0.453 e. The number of benzene rings is 1. The van der Waals surface area contributed by atoms with Gasteiger partial charge in [-0.15, -0.1) is 0 Å². The zero-order chi connectivity index (χ0) is 12.3. The Morgan fingerprint density at radius 3 is 2.94 bits per heavy atom. The predicted octanol–water partition coefficient (Wildman–Crippen LogP) is 1.13. The Bertz CT molecular complexity index is 408. The number of likely N-dealkylation sites (N-methyl/N-ethyl adjacent to an activating group) is 1. The van der Waals surface area contributed by atoms with E-state index in [2.05, 4.69) is 29.6 Å². The molecular weight excluding hydrogens is 329 g/mol. The molecule has 0 aliphatic carbocycles. The minimum Gasteiger partial charge on any atom is -0.453 e. The summed E-state index contributed by atoms with van der Waals surface area (Å²) in [6, 6.07) is 7.55. The zero-order valence-corrected chi connectivity index (χ0v) is 12.1. The third-order valence-electron chi connectivity index (χ3n) is 3.07. The van der Waals surface area contributed by atoms with Gasteiger partial charge in [0.2, 0.25) is 0 Å². The van der Waals surface area contributed by atoms with Gasteiger partial charge in [-0.3, -0.25) is 0 Å². The van der Waals surface area contributed by atoms with Gasteiger partial charge in [-0.05, 0) is 41.1 Å². The molecule has 2 rings (SSSR count). The Balaban J connectivity index is 1.99. The first-order chi connectivity index (χ1) is 8.16. The summed E-state index contributed by atoms with van der Waals surface area (Å²) in [6.07, 6.45) is 2.20. The van der Waals surface area contributed by atoms with Gasteiger partial charge in [-0.25, -0.2) is 4.79 Å². The standard InChI is InChI=1S/C13H16INO2/c1-15-8-4-5-10(9-15)17-13(16)11-6-2-3-7-12(11)14/h2-3,6-7,10H,4-5,8-9H2,1H3/p+1/t10-/m1/s1. The zero-order valence-electron chi connectivity index (χ0n) is 9.91. The van der Waals surface area contributed by atoms with Gasteiger partial charge in [0.05, 0.1) is 19.2 Å². The molecular formula is C13H17INO2+. The molecule has 92 valence electrons. The Morgan fingerprint density at radius 2 is 2.24 bits per heavy atom. The number of quaternary nitrogens is 1. The van der Waals surface area contributed by atoms with Gasteiger partial charge in [0.1, 0.15) is 6.54 Å². The van der Waals surface area contributed by atoms with Crippen LogP contribution in [0, 0.1) is 3.57 Å². The number of hydrogen-bond donors (Lipinski definition) is 1. The minimum atomic E-state index is -0.185. The number of rotatable bonds is 2. The first-order valence-corrected chi connectivity index (χ1v) is 7.01. The molecule has 1 aliphatic rings. The Morgan fingerprint density at radius 1 is 1.47 bits per heavy atom. The molecule has 0 amide bonds. The predicted molar refractivity (Wildman–Crippen MR) is 74.2 cm³/mol. The van der Waals surface area contributed by atoms with Gasteiger partial charge >= 0.3 is 5.97 Å². The molecule has 1 fully saturated rings. The highest BCUT2D eigenvalue weighted by atomic mass is 127. The lowest BCUT2D eigenvalue weighted by Crippen LogP contribution is -3.11. The van der Waals surface area contributed by atoms with Gasteiger partial charge in [-0.1, -0.05) is 12.1 Å². The van der Waals surface area contributed by atoms with Crippen molar-refractivity contribution in [1.82, 2.24) is 0 Å². The normalized spacial score (nSPS) is 24.4. The van der Waals surface area contributed by atoms with Crippen molar-refractivity contribution < 1.29 is 14.4 Å². The van der Waals surface area contributed by atoms with E-state index in [0.717, 1.165) is 23.0 Å². The van der Waals surface area contributed by atoms with Crippen LogP contribution in [0.3, 0.4) is 0 Å². The van der Waals surface area contributed by atoms with E-state index in [-0.39, 0.29) is 12.1 Å². The molecule has 1 aromatic carbocycles. The van der Waals surface area contributed by atoms with E-state index in [1.54, 1.807) is 0 Å². The smallest absolute Gasteiger partial charge is 0.339 e. The third kappa shape index (κ3) is 3.42. The third-order valence-corrected chi connectivity index (χ3v) is 4.01. The lowest BCUT2D eigenvalue weighted by molar-refractivity contribution is -0.888. The minimum absolute atomic E-state index is 0.0762. The van der Waals surface area contributed by atoms with Crippen LogP contribution in [0.15, 0.2) is 24.3 Å². The second-order valence-corrected chi connectivity index (χ2v) is 5.72. The van der Waals surface area contributed by atoms with Crippen LogP contribution in [0.5, 0.6) is 0 Å².